The summed E-state index contributed by atoms with van der Waals surface area (Å²) in [5.41, 5.74) is 0.568. The predicted octanol–water partition coefficient (Wildman–Crippen LogP) is 1.60. The van der Waals surface area contributed by atoms with Crippen LogP contribution in [0.4, 0.5) is 8.78 Å². The summed E-state index contributed by atoms with van der Waals surface area (Å²) in [6.07, 6.45) is 0.124. The third-order valence-corrected chi connectivity index (χ3v) is 7.45. The van der Waals surface area contributed by atoms with Crippen molar-refractivity contribution in [3.05, 3.63) is 65.7 Å². The Bertz CT molecular complexity index is 1130. The number of amides is 2. The lowest BCUT2D eigenvalue weighted by Crippen LogP contribution is -2.59. The van der Waals surface area contributed by atoms with Crippen LogP contribution in [0.1, 0.15) is 12.0 Å². The largest absolute Gasteiger partial charge is 0.328 e. The van der Waals surface area contributed by atoms with Gasteiger partial charge in [0, 0.05) is 26.2 Å². The maximum Gasteiger partial charge on any atom is 0.246 e. The van der Waals surface area contributed by atoms with Crippen molar-refractivity contribution in [2.75, 3.05) is 26.2 Å². The zero-order chi connectivity index (χ0) is 22.2. The first-order valence-electron chi connectivity index (χ1n) is 9.84. The van der Waals surface area contributed by atoms with E-state index in [9.17, 15) is 26.8 Å². The number of fused-ring (bicyclic) bond motifs is 1. The van der Waals surface area contributed by atoms with Gasteiger partial charge in [-0.3, -0.25) is 9.59 Å². The number of halogens is 2. The minimum Gasteiger partial charge on any atom is -0.328 e. The predicted molar refractivity (Wildman–Crippen MR) is 107 cm³/mol. The van der Waals surface area contributed by atoms with Gasteiger partial charge in [0.1, 0.15) is 24.2 Å². The van der Waals surface area contributed by atoms with Crippen LogP contribution in [0.2, 0.25) is 0 Å². The molecule has 0 N–H and O–H groups in total. The highest BCUT2D eigenvalue weighted by molar-refractivity contribution is 7.89. The molecule has 0 saturated carbocycles. The summed E-state index contributed by atoms with van der Waals surface area (Å²) in [5.74, 6) is -1.67. The van der Waals surface area contributed by atoms with Gasteiger partial charge in [0.2, 0.25) is 21.8 Å². The summed E-state index contributed by atoms with van der Waals surface area (Å²) in [6, 6.07) is 9.77. The van der Waals surface area contributed by atoms with E-state index in [1.807, 2.05) is 0 Å². The van der Waals surface area contributed by atoms with E-state index in [2.05, 4.69) is 0 Å². The van der Waals surface area contributed by atoms with Gasteiger partial charge >= 0.3 is 0 Å². The maximum absolute atomic E-state index is 13.5. The molecule has 164 valence electrons. The molecule has 10 heteroatoms. The standard InChI is InChI=1S/C21H21F2N3O4S/c22-16-4-1-3-15(11-16)13-24-14-20(27)26-10-9-25(8-7-19(26)21(24)28)31(29,30)18-6-2-5-17(23)12-18/h1-6,11-12,19H,7-10,13-14H2. The molecular weight excluding hydrogens is 428 g/mol. The molecule has 2 heterocycles. The number of benzene rings is 2. The van der Waals surface area contributed by atoms with Gasteiger partial charge in [0.15, 0.2) is 0 Å². The fourth-order valence-corrected chi connectivity index (χ4v) is 5.49. The van der Waals surface area contributed by atoms with Crippen molar-refractivity contribution in [3.63, 3.8) is 0 Å². The summed E-state index contributed by atoms with van der Waals surface area (Å²) in [6.45, 7) is 0.0448. The Hall–Kier alpha value is -2.85. The van der Waals surface area contributed by atoms with Crippen molar-refractivity contribution in [2.24, 2.45) is 0 Å². The summed E-state index contributed by atoms with van der Waals surface area (Å²) >= 11 is 0. The van der Waals surface area contributed by atoms with Crippen LogP contribution in [0.3, 0.4) is 0 Å². The van der Waals surface area contributed by atoms with Gasteiger partial charge in [0.25, 0.3) is 0 Å². The molecule has 0 aliphatic carbocycles. The lowest BCUT2D eigenvalue weighted by molar-refractivity contribution is -0.156. The Kier molecular flexibility index (Phi) is 5.76. The molecule has 7 nitrogen and oxygen atoms in total. The normalized spacial score (nSPS) is 20.5. The molecule has 1 atom stereocenters. The molecule has 2 amide bonds. The van der Waals surface area contributed by atoms with Crippen molar-refractivity contribution in [3.8, 4) is 0 Å². The highest BCUT2D eigenvalue weighted by atomic mass is 32.2. The van der Waals surface area contributed by atoms with Gasteiger partial charge in [-0.25, -0.2) is 17.2 Å². The Morgan fingerprint density at radius 1 is 0.935 bits per heavy atom. The summed E-state index contributed by atoms with van der Waals surface area (Å²) in [4.78, 5) is 28.4. The average molecular weight is 449 g/mol. The van der Waals surface area contributed by atoms with Crippen LogP contribution in [0, 0.1) is 11.6 Å². The van der Waals surface area contributed by atoms with Crippen molar-refractivity contribution in [1.29, 1.82) is 0 Å². The molecule has 2 aliphatic heterocycles. The molecule has 2 saturated heterocycles. The average Bonchev–Trinajstić information content (AvgIpc) is 2.96. The van der Waals surface area contributed by atoms with E-state index in [1.165, 1.54) is 44.4 Å². The number of hydrogen-bond acceptors (Lipinski definition) is 4. The number of sulfonamides is 1. The Morgan fingerprint density at radius 3 is 2.35 bits per heavy atom. The Balaban J connectivity index is 1.52. The summed E-state index contributed by atoms with van der Waals surface area (Å²) in [7, 11) is -3.96. The van der Waals surface area contributed by atoms with Crippen molar-refractivity contribution in [1.82, 2.24) is 14.1 Å². The number of carbonyl (C=O) groups excluding carboxylic acids is 2. The lowest BCUT2D eigenvalue weighted by atomic mass is 10.1. The molecule has 0 bridgehead atoms. The number of hydrogen-bond donors (Lipinski definition) is 0. The SMILES string of the molecule is O=C1C2CCN(S(=O)(=O)c3cccc(F)c3)CCN2C(=O)CN1Cc1cccc(F)c1. The lowest BCUT2D eigenvalue weighted by Gasteiger charge is -2.39. The zero-order valence-electron chi connectivity index (χ0n) is 16.6. The topological polar surface area (TPSA) is 78.0 Å². The molecule has 0 spiro atoms. The van der Waals surface area contributed by atoms with Crippen LogP contribution in [0.5, 0.6) is 0 Å². The van der Waals surface area contributed by atoms with Gasteiger partial charge in [-0.2, -0.15) is 4.31 Å². The van der Waals surface area contributed by atoms with E-state index in [-0.39, 0.29) is 55.9 Å². The van der Waals surface area contributed by atoms with E-state index in [1.54, 1.807) is 6.07 Å². The smallest absolute Gasteiger partial charge is 0.246 e. The molecular formula is C21H21F2N3O4S. The first kappa shape index (κ1) is 21.4. The van der Waals surface area contributed by atoms with Crippen molar-refractivity contribution in [2.45, 2.75) is 23.9 Å². The van der Waals surface area contributed by atoms with Gasteiger partial charge in [0.05, 0.1) is 4.90 Å². The molecule has 4 rings (SSSR count). The molecule has 0 aromatic heterocycles. The summed E-state index contributed by atoms with van der Waals surface area (Å²) in [5, 5.41) is 0. The third kappa shape index (κ3) is 4.31. The van der Waals surface area contributed by atoms with Crippen LogP contribution in [-0.2, 0) is 26.2 Å². The highest BCUT2D eigenvalue weighted by Gasteiger charge is 2.42. The van der Waals surface area contributed by atoms with E-state index >= 15 is 0 Å². The first-order valence-corrected chi connectivity index (χ1v) is 11.3. The highest BCUT2D eigenvalue weighted by Crippen LogP contribution is 2.24. The van der Waals surface area contributed by atoms with Gasteiger partial charge < -0.3 is 9.80 Å². The first-order chi connectivity index (χ1) is 14.8. The number of piperazine rings is 1. The quantitative estimate of drug-likeness (QED) is 0.711. The fraction of sp³-hybridized carbons (Fsp3) is 0.333. The second kappa shape index (κ2) is 8.35. The maximum atomic E-state index is 13.5. The van der Waals surface area contributed by atoms with Crippen LogP contribution in [0.25, 0.3) is 0 Å². The van der Waals surface area contributed by atoms with Crippen LogP contribution in [0.15, 0.2) is 53.4 Å². The third-order valence-electron chi connectivity index (χ3n) is 5.56. The fourth-order valence-electron chi connectivity index (χ4n) is 4.01. The zero-order valence-corrected chi connectivity index (χ0v) is 17.4. The van der Waals surface area contributed by atoms with E-state index in [0.29, 0.717) is 5.56 Å². The Morgan fingerprint density at radius 2 is 1.65 bits per heavy atom. The second-order valence-electron chi connectivity index (χ2n) is 7.58. The number of rotatable bonds is 4. The van der Waals surface area contributed by atoms with Crippen LogP contribution >= 0.6 is 0 Å². The minimum absolute atomic E-state index is 0.0122. The van der Waals surface area contributed by atoms with Gasteiger partial charge in [-0.1, -0.05) is 18.2 Å². The van der Waals surface area contributed by atoms with Crippen molar-refractivity contribution < 1.29 is 26.8 Å². The number of nitrogens with zero attached hydrogens (tertiary/aromatic N) is 3. The van der Waals surface area contributed by atoms with Gasteiger partial charge in [-0.15, -0.1) is 0 Å². The molecule has 2 aliphatic rings. The van der Waals surface area contributed by atoms with Crippen LogP contribution in [-0.4, -0.2) is 66.6 Å². The van der Waals surface area contributed by atoms with Gasteiger partial charge in [-0.05, 0) is 42.3 Å². The minimum atomic E-state index is -3.96. The molecule has 2 fully saturated rings. The van der Waals surface area contributed by atoms with Crippen LogP contribution < -0.4 is 0 Å². The molecule has 0 radical (unpaired) electrons. The summed E-state index contributed by atoms with van der Waals surface area (Å²) < 4.78 is 54.0. The van der Waals surface area contributed by atoms with E-state index < -0.39 is 27.7 Å². The van der Waals surface area contributed by atoms with E-state index in [4.69, 9.17) is 0 Å². The second-order valence-corrected chi connectivity index (χ2v) is 9.52. The Labute approximate surface area is 178 Å². The van der Waals surface area contributed by atoms with E-state index in [0.717, 1.165) is 12.1 Å². The molecule has 31 heavy (non-hydrogen) atoms. The number of carbonyl (C=O) groups is 2. The monoisotopic (exact) mass is 449 g/mol. The van der Waals surface area contributed by atoms with Crippen molar-refractivity contribution >= 4 is 21.8 Å². The molecule has 2 aromatic rings. The molecule has 2 aromatic carbocycles. The molecule has 1 unspecified atom stereocenters.